The van der Waals surface area contributed by atoms with E-state index in [0.29, 0.717) is 5.96 Å². The van der Waals surface area contributed by atoms with Gasteiger partial charge in [0.25, 0.3) is 0 Å². The third kappa shape index (κ3) is 5.38. The highest BCUT2D eigenvalue weighted by Crippen LogP contribution is 1.84. The first-order valence-electron chi connectivity index (χ1n) is 4.68. The maximum atomic E-state index is 8.48. The molecule has 1 N–H and O–H groups in total. The Kier molecular flexibility index (Phi) is 6.50. The van der Waals surface area contributed by atoms with E-state index in [9.17, 15) is 0 Å². The summed E-state index contributed by atoms with van der Waals surface area (Å²) in [4.78, 5) is 7.68. The Labute approximate surface area is 86.0 Å². The van der Waals surface area contributed by atoms with Gasteiger partial charge >= 0.3 is 0 Å². The van der Waals surface area contributed by atoms with Gasteiger partial charge in [-0.1, -0.05) is 0 Å². The lowest BCUT2D eigenvalue weighted by Gasteiger charge is -2.20. The van der Waals surface area contributed by atoms with Crippen LogP contribution in [-0.2, 0) is 0 Å². The zero-order chi connectivity index (χ0) is 11.0. The maximum absolute atomic E-state index is 8.48. The van der Waals surface area contributed by atoms with Gasteiger partial charge in [0.1, 0.15) is 0 Å². The fourth-order valence-electron chi connectivity index (χ4n) is 0.848. The van der Waals surface area contributed by atoms with Crippen LogP contribution in [0.4, 0.5) is 0 Å². The summed E-state index contributed by atoms with van der Waals surface area (Å²) in [5, 5.41) is 11.6. The van der Waals surface area contributed by atoms with Crippen LogP contribution in [0.5, 0.6) is 0 Å². The summed E-state index contributed by atoms with van der Waals surface area (Å²) in [5.41, 5.74) is 0. The number of nitriles is 1. The van der Waals surface area contributed by atoms with E-state index < -0.39 is 0 Å². The van der Waals surface area contributed by atoms with Crippen molar-refractivity contribution >= 4 is 5.96 Å². The molecule has 0 heterocycles. The van der Waals surface area contributed by atoms with Crippen molar-refractivity contribution in [1.29, 1.82) is 5.26 Å². The second kappa shape index (κ2) is 7.15. The molecule has 14 heavy (non-hydrogen) atoms. The quantitative estimate of drug-likeness (QED) is 0.389. The average molecular weight is 197 g/mol. The molecule has 0 aromatic carbocycles. The Hall–Kier alpha value is -1.28. The van der Waals surface area contributed by atoms with Crippen molar-refractivity contribution in [3.63, 3.8) is 0 Å². The number of nitrogens with zero attached hydrogens (tertiary/aromatic N) is 4. The van der Waals surface area contributed by atoms with E-state index in [-0.39, 0.29) is 0 Å². The van der Waals surface area contributed by atoms with Gasteiger partial charge in [0.15, 0.2) is 0 Å². The molecule has 0 rings (SSSR count). The fourth-order valence-corrected chi connectivity index (χ4v) is 0.848. The van der Waals surface area contributed by atoms with Crippen molar-refractivity contribution in [2.45, 2.75) is 6.92 Å². The number of hydrogen-bond donors (Lipinski definition) is 1. The molecule has 0 radical (unpaired) electrons. The number of hydrogen-bond acceptors (Lipinski definition) is 3. The van der Waals surface area contributed by atoms with E-state index in [1.165, 1.54) is 0 Å². The molecule has 80 valence electrons. The molecule has 5 nitrogen and oxygen atoms in total. The van der Waals surface area contributed by atoms with Crippen molar-refractivity contribution in [2.24, 2.45) is 4.99 Å². The molecular weight excluding hydrogens is 178 g/mol. The Morgan fingerprint density at radius 1 is 1.43 bits per heavy atom. The predicted octanol–water partition coefficient (Wildman–Crippen LogP) is -0.0736. The predicted molar refractivity (Wildman–Crippen MR) is 57.9 cm³/mol. The molecule has 0 unspecified atom stereocenters. The van der Waals surface area contributed by atoms with Crippen molar-refractivity contribution in [1.82, 2.24) is 15.1 Å². The van der Waals surface area contributed by atoms with Crippen molar-refractivity contribution in [3.05, 3.63) is 0 Å². The average Bonchev–Trinajstić information content (AvgIpc) is 2.15. The van der Waals surface area contributed by atoms with Crippen molar-refractivity contribution in [2.75, 3.05) is 40.8 Å². The summed E-state index contributed by atoms with van der Waals surface area (Å²) in [6.45, 7) is 4.55. The normalized spacial score (nSPS) is 11.3. The summed E-state index contributed by atoms with van der Waals surface area (Å²) < 4.78 is 0. The highest BCUT2D eigenvalue weighted by Gasteiger charge is 2.02. The summed E-state index contributed by atoms with van der Waals surface area (Å²) in [6.07, 6.45) is 1.79. The van der Waals surface area contributed by atoms with E-state index in [1.54, 1.807) is 6.19 Å². The van der Waals surface area contributed by atoms with Gasteiger partial charge in [0, 0.05) is 26.7 Å². The van der Waals surface area contributed by atoms with Gasteiger partial charge in [-0.3, -0.25) is 0 Å². The Morgan fingerprint density at radius 2 is 2.07 bits per heavy atom. The number of nitrogens with one attached hydrogen (secondary N) is 1. The summed E-state index contributed by atoms with van der Waals surface area (Å²) in [5.74, 6) is 0.636. The molecule has 0 aliphatic carbocycles. The number of guanidine groups is 1. The molecule has 0 aliphatic heterocycles. The largest absolute Gasteiger partial charge is 0.354 e. The van der Waals surface area contributed by atoms with Gasteiger partial charge in [-0.05, 0) is 21.0 Å². The molecule has 0 bridgehead atoms. The Bertz CT molecular complexity index is 216. The first kappa shape index (κ1) is 12.7. The van der Waals surface area contributed by atoms with Crippen LogP contribution in [0.1, 0.15) is 6.92 Å². The zero-order valence-electron chi connectivity index (χ0n) is 9.41. The minimum atomic E-state index is 0.636. The van der Waals surface area contributed by atoms with Gasteiger partial charge in [-0.15, -0.1) is 4.99 Å². The molecule has 0 saturated carbocycles. The van der Waals surface area contributed by atoms with Gasteiger partial charge in [-0.2, -0.15) is 5.26 Å². The van der Waals surface area contributed by atoms with Crippen LogP contribution < -0.4 is 5.32 Å². The SMILES string of the molecule is CCN(C)/C(=N\C#N)NCCN(C)C. The molecule has 0 aliphatic rings. The van der Waals surface area contributed by atoms with Gasteiger partial charge in [0.2, 0.25) is 12.2 Å². The van der Waals surface area contributed by atoms with Crippen LogP contribution in [0.2, 0.25) is 0 Å². The Balaban J connectivity index is 4.00. The minimum absolute atomic E-state index is 0.636. The lowest BCUT2D eigenvalue weighted by Crippen LogP contribution is -2.41. The molecule has 0 aromatic heterocycles. The summed E-state index contributed by atoms with van der Waals surface area (Å²) in [7, 11) is 5.91. The van der Waals surface area contributed by atoms with E-state index in [2.05, 4.69) is 15.2 Å². The first-order valence-corrected chi connectivity index (χ1v) is 4.68. The minimum Gasteiger partial charge on any atom is -0.354 e. The fraction of sp³-hybridized carbons (Fsp3) is 0.778. The third-order valence-corrected chi connectivity index (χ3v) is 1.83. The lowest BCUT2D eigenvalue weighted by molar-refractivity contribution is 0.406. The molecule has 0 aromatic rings. The molecule has 0 fully saturated rings. The first-order chi connectivity index (χ1) is 6.61. The van der Waals surface area contributed by atoms with Crippen LogP contribution in [0, 0.1) is 11.5 Å². The van der Waals surface area contributed by atoms with Gasteiger partial charge in [-0.25, -0.2) is 0 Å². The van der Waals surface area contributed by atoms with Gasteiger partial charge in [0.05, 0.1) is 0 Å². The number of aliphatic imine (C=N–C) groups is 1. The van der Waals surface area contributed by atoms with Crippen molar-refractivity contribution < 1.29 is 0 Å². The number of likely N-dealkylation sites (N-methyl/N-ethyl adjacent to an activating group) is 1. The van der Waals surface area contributed by atoms with Crippen LogP contribution in [0.3, 0.4) is 0 Å². The highest BCUT2D eigenvalue weighted by atomic mass is 15.3. The maximum Gasteiger partial charge on any atom is 0.209 e. The second-order valence-electron chi connectivity index (χ2n) is 3.28. The lowest BCUT2D eigenvalue weighted by atomic mass is 10.5. The van der Waals surface area contributed by atoms with Crippen LogP contribution in [-0.4, -0.2) is 56.5 Å². The van der Waals surface area contributed by atoms with Crippen molar-refractivity contribution in [3.8, 4) is 6.19 Å². The van der Waals surface area contributed by atoms with Crippen LogP contribution >= 0.6 is 0 Å². The van der Waals surface area contributed by atoms with Crippen LogP contribution in [0.25, 0.3) is 0 Å². The van der Waals surface area contributed by atoms with Gasteiger partial charge < -0.3 is 15.1 Å². The smallest absolute Gasteiger partial charge is 0.209 e. The third-order valence-electron chi connectivity index (χ3n) is 1.83. The summed E-state index contributed by atoms with van der Waals surface area (Å²) in [6, 6.07) is 0. The molecule has 0 amide bonds. The second-order valence-corrected chi connectivity index (χ2v) is 3.28. The molecule has 5 heteroatoms. The standard InChI is InChI=1S/C9H19N5/c1-5-14(4)9(12-8-10)11-6-7-13(2)3/h5-7H2,1-4H3,(H,11,12). The highest BCUT2D eigenvalue weighted by molar-refractivity contribution is 5.80. The Morgan fingerprint density at radius 3 is 2.50 bits per heavy atom. The molecular formula is C9H19N5. The zero-order valence-corrected chi connectivity index (χ0v) is 9.41. The van der Waals surface area contributed by atoms with E-state index in [1.807, 2.05) is 33.0 Å². The molecule has 0 spiro atoms. The summed E-state index contributed by atoms with van der Waals surface area (Å²) >= 11 is 0. The monoisotopic (exact) mass is 197 g/mol. The molecule has 0 saturated heterocycles. The molecule has 0 atom stereocenters. The van der Waals surface area contributed by atoms with E-state index in [4.69, 9.17) is 5.26 Å². The number of rotatable bonds is 4. The van der Waals surface area contributed by atoms with E-state index >= 15 is 0 Å². The van der Waals surface area contributed by atoms with Crippen LogP contribution in [0.15, 0.2) is 4.99 Å². The van der Waals surface area contributed by atoms with E-state index in [0.717, 1.165) is 19.6 Å². The topological polar surface area (TPSA) is 54.7 Å².